The number of phenolic OH excluding ortho intramolecular Hbond substituents is 4. The number of amides is 1. The Morgan fingerprint density at radius 3 is 1.84 bits per heavy atom. The molecular weight excluding hydrogens is 324 g/mol. The number of carbonyl (C=O) groups is 1. The van der Waals surface area contributed by atoms with Crippen LogP contribution in [0.2, 0.25) is 0 Å². The molecule has 0 aliphatic rings. The van der Waals surface area contributed by atoms with Crippen molar-refractivity contribution in [2.75, 3.05) is 0 Å². The van der Waals surface area contributed by atoms with Gasteiger partial charge < -0.3 is 25.7 Å². The Hall–Kier alpha value is -3.92. The van der Waals surface area contributed by atoms with Crippen molar-refractivity contribution < 1.29 is 25.2 Å². The van der Waals surface area contributed by atoms with Crippen LogP contribution in [0.5, 0.6) is 23.0 Å². The normalized spacial score (nSPS) is 11.6. The summed E-state index contributed by atoms with van der Waals surface area (Å²) in [6.07, 6.45) is 3.26. The van der Waals surface area contributed by atoms with E-state index < -0.39 is 0 Å². The highest BCUT2D eigenvalue weighted by atomic mass is 16.3. The van der Waals surface area contributed by atoms with E-state index in [-0.39, 0.29) is 34.4 Å². The monoisotopic (exact) mass is 338 g/mol. The number of carbonyl (C=O) groups excluding carboxylic acids is 1. The molecule has 1 amide bonds. The minimum Gasteiger partial charge on any atom is -0.504 e. The van der Waals surface area contributed by atoms with E-state index in [0.717, 1.165) is 0 Å². The van der Waals surface area contributed by atoms with Crippen LogP contribution in [-0.4, -0.2) is 26.8 Å². The number of phenols is 4. The highest BCUT2D eigenvalue weighted by molar-refractivity contribution is 5.72. The molecule has 0 aliphatic carbocycles. The van der Waals surface area contributed by atoms with E-state index in [1.807, 2.05) is 0 Å². The van der Waals surface area contributed by atoms with Crippen LogP contribution < -0.4 is 5.32 Å². The van der Waals surface area contributed by atoms with E-state index in [1.54, 1.807) is 0 Å². The van der Waals surface area contributed by atoms with Crippen LogP contribution in [0.3, 0.4) is 0 Å². The maximum atomic E-state index is 10.9. The number of hydrogen-bond donors (Lipinski definition) is 5. The van der Waals surface area contributed by atoms with Gasteiger partial charge in [-0.2, -0.15) is 0 Å². The third-order valence-electron chi connectivity index (χ3n) is 3.22. The van der Waals surface area contributed by atoms with Crippen molar-refractivity contribution in [2.24, 2.45) is 0 Å². The fourth-order valence-electron chi connectivity index (χ4n) is 2.01. The Morgan fingerprint density at radius 1 is 0.880 bits per heavy atom. The fourth-order valence-corrected chi connectivity index (χ4v) is 2.01. The van der Waals surface area contributed by atoms with Gasteiger partial charge >= 0.3 is 0 Å². The molecule has 7 heteroatoms. The van der Waals surface area contributed by atoms with E-state index >= 15 is 0 Å². The third-order valence-corrected chi connectivity index (χ3v) is 3.22. The van der Waals surface area contributed by atoms with Gasteiger partial charge in [-0.1, -0.05) is 12.1 Å². The first-order chi connectivity index (χ1) is 11.9. The third kappa shape index (κ3) is 4.30. The Labute approximate surface area is 143 Å². The zero-order valence-corrected chi connectivity index (χ0v) is 12.8. The predicted molar refractivity (Wildman–Crippen MR) is 91.3 cm³/mol. The van der Waals surface area contributed by atoms with Crippen LogP contribution in [0, 0.1) is 6.57 Å². The maximum Gasteiger partial charge on any atom is 0.210 e. The predicted octanol–water partition coefficient (Wildman–Crippen LogP) is 2.56. The van der Waals surface area contributed by atoms with Gasteiger partial charge in [0.25, 0.3) is 0 Å². The molecule has 0 saturated carbocycles. The second-order valence-electron chi connectivity index (χ2n) is 4.96. The van der Waals surface area contributed by atoms with Gasteiger partial charge in [0.05, 0.1) is 6.57 Å². The number of aromatic hydroxyl groups is 4. The van der Waals surface area contributed by atoms with E-state index in [1.165, 1.54) is 48.6 Å². The zero-order valence-electron chi connectivity index (χ0n) is 12.8. The lowest BCUT2D eigenvalue weighted by atomic mass is 10.1. The van der Waals surface area contributed by atoms with Crippen LogP contribution in [0.15, 0.2) is 47.8 Å². The molecule has 0 bridgehead atoms. The molecule has 0 atom stereocenters. The van der Waals surface area contributed by atoms with Crippen molar-refractivity contribution in [3.8, 4) is 23.0 Å². The smallest absolute Gasteiger partial charge is 0.210 e. The minimum absolute atomic E-state index is 0.0600. The van der Waals surface area contributed by atoms with Crippen molar-refractivity contribution in [3.05, 3.63) is 70.3 Å². The van der Waals surface area contributed by atoms with E-state index in [2.05, 4.69) is 10.2 Å². The second-order valence-corrected chi connectivity index (χ2v) is 4.96. The van der Waals surface area contributed by atoms with E-state index in [4.69, 9.17) is 6.57 Å². The topological polar surface area (TPSA) is 114 Å². The summed E-state index contributed by atoms with van der Waals surface area (Å²) in [5.74, 6) is -1.25. The largest absolute Gasteiger partial charge is 0.504 e. The van der Waals surface area contributed by atoms with Gasteiger partial charge in [-0.25, -0.2) is 4.85 Å². The van der Waals surface area contributed by atoms with E-state index in [0.29, 0.717) is 17.5 Å². The number of nitrogens with one attached hydrogen (secondary N) is 1. The van der Waals surface area contributed by atoms with E-state index in [9.17, 15) is 25.2 Å². The Balaban J connectivity index is 2.48. The summed E-state index contributed by atoms with van der Waals surface area (Å²) in [4.78, 5) is 14.2. The molecule has 2 rings (SSSR count). The first-order valence-corrected chi connectivity index (χ1v) is 7.00. The summed E-state index contributed by atoms with van der Waals surface area (Å²) in [5, 5.41) is 40.1. The number of hydrogen-bond acceptors (Lipinski definition) is 5. The highest BCUT2D eigenvalue weighted by Crippen LogP contribution is 2.28. The number of nitrogens with zero attached hydrogens (tertiary/aromatic N) is 1. The summed E-state index contributed by atoms with van der Waals surface area (Å²) >= 11 is 0. The highest BCUT2D eigenvalue weighted by Gasteiger charge is 2.08. The lowest BCUT2D eigenvalue weighted by molar-refractivity contribution is -0.108. The van der Waals surface area contributed by atoms with Gasteiger partial charge in [0.1, 0.15) is 0 Å². The van der Waals surface area contributed by atoms with Gasteiger partial charge in [-0.3, -0.25) is 4.79 Å². The first kappa shape index (κ1) is 17.4. The molecule has 2 aromatic carbocycles. The van der Waals surface area contributed by atoms with Crippen LogP contribution in [0.25, 0.3) is 17.0 Å². The Morgan fingerprint density at radius 2 is 1.40 bits per heavy atom. The summed E-state index contributed by atoms with van der Waals surface area (Å²) in [6.45, 7) is 7.31. The lowest BCUT2D eigenvalue weighted by Gasteiger charge is -2.07. The molecule has 0 aliphatic heterocycles. The number of benzene rings is 2. The zero-order chi connectivity index (χ0) is 18.4. The molecule has 0 heterocycles. The molecule has 2 aromatic rings. The SMILES string of the molecule is [C-]#[N+]C(=C\c1ccc(O)c(O)c1)/C(=C/c1ccc(O)c(O)c1)NC=O. The molecule has 25 heavy (non-hydrogen) atoms. The van der Waals surface area contributed by atoms with Crippen LogP contribution in [-0.2, 0) is 4.79 Å². The molecule has 5 N–H and O–H groups in total. The lowest BCUT2D eigenvalue weighted by Crippen LogP contribution is -2.11. The Kier molecular flexibility index (Phi) is 5.28. The molecule has 0 saturated heterocycles. The average molecular weight is 338 g/mol. The van der Waals surface area contributed by atoms with Crippen LogP contribution >= 0.6 is 0 Å². The standard InChI is InChI=1S/C18H14N2O5/c1-19-13(6-11-2-4-15(22)17(24)8-11)14(20-10-21)7-12-3-5-16(23)18(25)9-12/h2-10,22-25H,(H,20,21)/b13-6-,14-7-. The summed E-state index contributed by atoms with van der Waals surface area (Å²) in [6, 6.07) is 8.08. The molecule has 0 spiro atoms. The molecule has 126 valence electrons. The quantitative estimate of drug-likeness (QED) is 0.249. The Bertz CT molecular complexity index is 910. The second kappa shape index (κ2) is 7.57. The molecule has 0 aromatic heterocycles. The molecule has 0 radical (unpaired) electrons. The van der Waals surface area contributed by atoms with Gasteiger partial charge in [0.15, 0.2) is 23.0 Å². The van der Waals surface area contributed by atoms with Gasteiger partial charge in [-0.15, -0.1) is 0 Å². The van der Waals surface area contributed by atoms with Gasteiger partial charge in [-0.05, 0) is 47.5 Å². The molecule has 7 nitrogen and oxygen atoms in total. The fraction of sp³-hybridized carbons (Fsp3) is 0. The van der Waals surface area contributed by atoms with Gasteiger partial charge in [0.2, 0.25) is 12.1 Å². The van der Waals surface area contributed by atoms with Crippen LogP contribution in [0.4, 0.5) is 0 Å². The van der Waals surface area contributed by atoms with Crippen LogP contribution in [0.1, 0.15) is 11.1 Å². The van der Waals surface area contributed by atoms with Crippen molar-refractivity contribution in [1.29, 1.82) is 0 Å². The van der Waals surface area contributed by atoms with Gasteiger partial charge in [0, 0.05) is 5.70 Å². The molecule has 0 unspecified atom stereocenters. The summed E-state index contributed by atoms with van der Waals surface area (Å²) in [5.41, 5.74) is 1.10. The molecule has 0 fully saturated rings. The summed E-state index contributed by atoms with van der Waals surface area (Å²) < 4.78 is 0. The average Bonchev–Trinajstić information content (AvgIpc) is 2.59. The summed E-state index contributed by atoms with van der Waals surface area (Å²) in [7, 11) is 0. The van der Waals surface area contributed by atoms with Crippen molar-refractivity contribution in [2.45, 2.75) is 0 Å². The first-order valence-electron chi connectivity index (χ1n) is 7.00. The number of rotatable bonds is 5. The van der Waals surface area contributed by atoms with Crippen molar-refractivity contribution in [1.82, 2.24) is 5.32 Å². The van der Waals surface area contributed by atoms with Crippen molar-refractivity contribution >= 4 is 18.6 Å². The van der Waals surface area contributed by atoms with Crippen molar-refractivity contribution in [3.63, 3.8) is 0 Å². The maximum absolute atomic E-state index is 10.9. The molecular formula is C18H14N2O5. The minimum atomic E-state index is -0.338.